The number of hydrogen-bond acceptors (Lipinski definition) is 2. The van der Waals surface area contributed by atoms with Crippen molar-refractivity contribution in [3.63, 3.8) is 0 Å². The van der Waals surface area contributed by atoms with Crippen molar-refractivity contribution in [2.24, 2.45) is 0 Å². The zero-order valence-electron chi connectivity index (χ0n) is 9.98. The Balaban J connectivity index is 2.27. The molecule has 0 unspecified atom stereocenters. The number of hydrogen-bond donors (Lipinski definition) is 1. The molecule has 1 radical (unpaired) electrons. The molecule has 0 atom stereocenters. The Labute approximate surface area is 114 Å². The second kappa shape index (κ2) is 5.16. The van der Waals surface area contributed by atoms with Crippen molar-refractivity contribution in [3.05, 3.63) is 60.2 Å². The Bertz CT molecular complexity index is 680. The van der Waals surface area contributed by atoms with Crippen LogP contribution in [0.25, 0.3) is 0 Å². The van der Waals surface area contributed by atoms with Gasteiger partial charge >= 0.3 is 6.18 Å². The molecule has 105 valence electrons. The van der Waals surface area contributed by atoms with E-state index in [-0.39, 0.29) is 10.6 Å². The Kier molecular flexibility index (Phi) is 3.71. The topological polar surface area (TPSA) is 46.2 Å². The van der Waals surface area contributed by atoms with E-state index in [4.69, 9.17) is 0 Å². The molecule has 2 rings (SSSR count). The number of para-hydroxylation sites is 1. The van der Waals surface area contributed by atoms with Crippen molar-refractivity contribution < 1.29 is 21.6 Å². The van der Waals surface area contributed by atoms with Crippen LogP contribution >= 0.6 is 0 Å². The molecule has 0 spiro atoms. The maximum absolute atomic E-state index is 12.4. The minimum Gasteiger partial charge on any atom is -0.279 e. The van der Waals surface area contributed by atoms with Gasteiger partial charge in [0.25, 0.3) is 10.0 Å². The van der Waals surface area contributed by atoms with Gasteiger partial charge in [-0.3, -0.25) is 4.72 Å². The third-order valence-corrected chi connectivity index (χ3v) is 3.83. The summed E-state index contributed by atoms with van der Waals surface area (Å²) in [6, 6.07) is 12.2. The standard InChI is InChI=1S/C13H9F3NO2S/c14-13(15,16)10-6-8-12(9-7-10)20(18,19)17-11-4-2-1-3-5-11/h1-4,6-9,17H. The summed E-state index contributed by atoms with van der Waals surface area (Å²) in [6.07, 6.45) is -4.50. The number of alkyl halides is 3. The third-order valence-electron chi connectivity index (χ3n) is 2.45. The first-order chi connectivity index (χ1) is 9.29. The van der Waals surface area contributed by atoms with E-state index in [1.54, 1.807) is 12.1 Å². The number of nitrogens with one attached hydrogen (secondary N) is 1. The van der Waals surface area contributed by atoms with Crippen molar-refractivity contribution in [2.45, 2.75) is 11.1 Å². The largest absolute Gasteiger partial charge is 0.416 e. The quantitative estimate of drug-likeness (QED) is 0.945. The molecule has 0 saturated carbocycles. The van der Waals surface area contributed by atoms with Crippen LogP contribution in [-0.2, 0) is 16.2 Å². The zero-order chi connectivity index (χ0) is 14.8. The Hall–Kier alpha value is -2.02. The highest BCUT2D eigenvalue weighted by Gasteiger charge is 2.30. The molecule has 2 aromatic rings. The van der Waals surface area contributed by atoms with Gasteiger partial charge in [-0.25, -0.2) is 8.42 Å². The first kappa shape index (κ1) is 14.4. The molecule has 0 aliphatic carbocycles. The Morgan fingerprint density at radius 2 is 1.65 bits per heavy atom. The van der Waals surface area contributed by atoms with Gasteiger partial charge in [0.1, 0.15) is 0 Å². The fourth-order valence-corrected chi connectivity index (χ4v) is 2.51. The lowest BCUT2D eigenvalue weighted by Gasteiger charge is -2.09. The fraction of sp³-hybridized carbons (Fsp3) is 0.0769. The van der Waals surface area contributed by atoms with E-state index < -0.39 is 21.8 Å². The Morgan fingerprint density at radius 3 is 2.15 bits per heavy atom. The summed E-state index contributed by atoms with van der Waals surface area (Å²) >= 11 is 0. The normalized spacial score (nSPS) is 12.2. The highest BCUT2D eigenvalue weighted by atomic mass is 32.2. The molecule has 0 aromatic heterocycles. The van der Waals surface area contributed by atoms with Crippen molar-refractivity contribution in [1.82, 2.24) is 0 Å². The number of sulfonamides is 1. The fourth-order valence-electron chi connectivity index (χ4n) is 1.48. The van der Waals surface area contributed by atoms with E-state index in [9.17, 15) is 21.6 Å². The summed E-state index contributed by atoms with van der Waals surface area (Å²) in [5.41, 5.74) is -0.685. The number of anilines is 1. The van der Waals surface area contributed by atoms with E-state index in [1.807, 2.05) is 0 Å². The van der Waals surface area contributed by atoms with Crippen LogP contribution in [0.5, 0.6) is 0 Å². The van der Waals surface area contributed by atoms with Gasteiger partial charge in [0.15, 0.2) is 0 Å². The second-order valence-electron chi connectivity index (χ2n) is 3.90. The summed E-state index contributed by atoms with van der Waals surface area (Å²) in [5.74, 6) is 0. The van der Waals surface area contributed by atoms with Crippen LogP contribution in [0.15, 0.2) is 53.4 Å². The molecule has 7 heteroatoms. The molecular weight excluding hydrogens is 291 g/mol. The van der Waals surface area contributed by atoms with Crippen LogP contribution in [0.3, 0.4) is 0 Å². The smallest absolute Gasteiger partial charge is 0.279 e. The van der Waals surface area contributed by atoms with Crippen LogP contribution in [0.2, 0.25) is 0 Å². The average molecular weight is 300 g/mol. The first-order valence-corrected chi connectivity index (χ1v) is 6.94. The van der Waals surface area contributed by atoms with Gasteiger partial charge in [0.05, 0.1) is 16.1 Å². The number of benzene rings is 2. The molecule has 3 nitrogen and oxygen atoms in total. The highest BCUT2D eigenvalue weighted by molar-refractivity contribution is 7.92. The molecule has 0 bridgehead atoms. The highest BCUT2D eigenvalue weighted by Crippen LogP contribution is 2.29. The van der Waals surface area contributed by atoms with E-state index in [0.29, 0.717) is 0 Å². The molecule has 0 saturated heterocycles. The summed E-state index contributed by atoms with van der Waals surface area (Å²) in [7, 11) is -3.92. The van der Waals surface area contributed by atoms with Gasteiger partial charge in [-0.2, -0.15) is 13.2 Å². The molecule has 0 aliphatic rings. The number of halogens is 3. The predicted molar refractivity (Wildman–Crippen MR) is 67.5 cm³/mol. The summed E-state index contributed by atoms with van der Waals surface area (Å²) in [6.45, 7) is 0. The van der Waals surface area contributed by atoms with E-state index >= 15 is 0 Å². The van der Waals surface area contributed by atoms with Crippen molar-refractivity contribution in [1.29, 1.82) is 0 Å². The SMILES string of the molecule is O=S(=O)(Nc1[c]cccc1)c1ccc(C(F)(F)F)cc1. The molecular formula is C13H9F3NO2S. The summed E-state index contributed by atoms with van der Waals surface area (Å²) < 4.78 is 63.3. The third kappa shape index (κ3) is 3.30. The van der Waals surface area contributed by atoms with Gasteiger partial charge in [0.2, 0.25) is 0 Å². The van der Waals surface area contributed by atoms with Crippen LogP contribution in [0, 0.1) is 6.07 Å². The van der Waals surface area contributed by atoms with Gasteiger partial charge in [0, 0.05) is 6.07 Å². The molecule has 0 heterocycles. The van der Waals surface area contributed by atoms with Crippen LogP contribution in [0.1, 0.15) is 5.56 Å². The molecule has 0 aliphatic heterocycles. The molecule has 1 N–H and O–H groups in total. The second-order valence-corrected chi connectivity index (χ2v) is 5.59. The Morgan fingerprint density at radius 1 is 1.00 bits per heavy atom. The molecule has 0 amide bonds. The van der Waals surface area contributed by atoms with Gasteiger partial charge in [-0.05, 0) is 30.3 Å². The van der Waals surface area contributed by atoms with Gasteiger partial charge in [-0.15, -0.1) is 0 Å². The molecule has 0 fully saturated rings. The summed E-state index contributed by atoms with van der Waals surface area (Å²) in [5, 5.41) is 0. The van der Waals surface area contributed by atoms with Crippen molar-refractivity contribution >= 4 is 15.7 Å². The van der Waals surface area contributed by atoms with E-state index in [2.05, 4.69) is 10.8 Å². The average Bonchev–Trinajstić information content (AvgIpc) is 2.38. The van der Waals surface area contributed by atoms with E-state index in [0.717, 1.165) is 24.3 Å². The van der Waals surface area contributed by atoms with Gasteiger partial charge in [-0.1, -0.05) is 18.2 Å². The van der Waals surface area contributed by atoms with Crippen LogP contribution in [-0.4, -0.2) is 8.42 Å². The number of rotatable bonds is 3. The van der Waals surface area contributed by atoms with Crippen molar-refractivity contribution in [3.8, 4) is 0 Å². The lowest BCUT2D eigenvalue weighted by molar-refractivity contribution is -0.137. The van der Waals surface area contributed by atoms with Crippen LogP contribution in [0.4, 0.5) is 18.9 Å². The maximum Gasteiger partial charge on any atom is 0.416 e. The van der Waals surface area contributed by atoms with Crippen molar-refractivity contribution in [2.75, 3.05) is 4.72 Å². The lowest BCUT2D eigenvalue weighted by atomic mass is 10.2. The lowest BCUT2D eigenvalue weighted by Crippen LogP contribution is -2.13. The molecule has 20 heavy (non-hydrogen) atoms. The predicted octanol–water partition coefficient (Wildman–Crippen LogP) is 3.31. The molecule has 2 aromatic carbocycles. The maximum atomic E-state index is 12.4. The minimum atomic E-state index is -4.50. The minimum absolute atomic E-state index is 0.215. The monoisotopic (exact) mass is 300 g/mol. The van der Waals surface area contributed by atoms with Crippen LogP contribution < -0.4 is 4.72 Å². The van der Waals surface area contributed by atoms with Gasteiger partial charge < -0.3 is 0 Å². The summed E-state index contributed by atoms with van der Waals surface area (Å²) in [4.78, 5) is -0.247. The zero-order valence-corrected chi connectivity index (χ0v) is 10.8. The van der Waals surface area contributed by atoms with E-state index in [1.165, 1.54) is 12.1 Å². The first-order valence-electron chi connectivity index (χ1n) is 5.46.